The number of fused-ring (bicyclic) bond motifs is 1. The van der Waals surface area contributed by atoms with E-state index in [2.05, 4.69) is 20.2 Å². The minimum Gasteiger partial charge on any atom is -0.341 e. The Labute approximate surface area is 149 Å². The zero-order chi connectivity index (χ0) is 17.6. The number of para-hydroxylation sites is 3. The van der Waals surface area contributed by atoms with Gasteiger partial charge in [0, 0.05) is 24.9 Å². The van der Waals surface area contributed by atoms with Crippen molar-refractivity contribution in [2.45, 2.75) is 11.6 Å². The van der Waals surface area contributed by atoms with Crippen molar-refractivity contribution in [2.24, 2.45) is 0 Å². The Balaban J connectivity index is 1.80. The van der Waals surface area contributed by atoms with E-state index in [1.165, 1.54) is 18.8 Å². The molecule has 2 N–H and O–H groups in total. The Bertz CT molecular complexity index is 892. The van der Waals surface area contributed by atoms with Crippen molar-refractivity contribution in [2.75, 3.05) is 12.8 Å². The Hall–Kier alpha value is -2.80. The van der Waals surface area contributed by atoms with Crippen molar-refractivity contribution in [3.8, 4) is 5.69 Å². The molecule has 3 aromatic rings. The molecule has 0 aliphatic heterocycles. The number of aromatic nitrogens is 2. The number of urea groups is 1. The molecule has 0 saturated heterocycles. The standard InChI is InChI=1S/C18H18N4O2S/c1-19-17(24)21-16(23)11-12-25-18-20-14-9-5-6-10-15(14)22(18)13-7-3-2-4-8-13/h2-10H,11-12H2,1H3,(H2,19,21,23,24). The van der Waals surface area contributed by atoms with Crippen LogP contribution in [0.25, 0.3) is 16.7 Å². The first-order chi connectivity index (χ1) is 12.2. The molecule has 0 atom stereocenters. The van der Waals surface area contributed by atoms with Crippen molar-refractivity contribution < 1.29 is 9.59 Å². The number of imidazole rings is 1. The summed E-state index contributed by atoms with van der Waals surface area (Å²) in [5.74, 6) is 0.216. The Kier molecular flexibility index (Phi) is 5.35. The molecule has 0 fully saturated rings. The molecule has 0 saturated carbocycles. The summed E-state index contributed by atoms with van der Waals surface area (Å²) in [5.41, 5.74) is 2.95. The second-order valence-electron chi connectivity index (χ2n) is 5.28. The summed E-state index contributed by atoms with van der Waals surface area (Å²) in [5, 5.41) is 5.44. The number of amides is 3. The molecular weight excluding hydrogens is 336 g/mol. The van der Waals surface area contributed by atoms with Crippen molar-refractivity contribution in [1.82, 2.24) is 20.2 Å². The zero-order valence-electron chi connectivity index (χ0n) is 13.7. The molecule has 0 aliphatic carbocycles. The number of hydrogen-bond acceptors (Lipinski definition) is 4. The van der Waals surface area contributed by atoms with Crippen molar-refractivity contribution >= 4 is 34.7 Å². The molecular formula is C18H18N4O2S. The Morgan fingerprint density at radius 3 is 2.56 bits per heavy atom. The second kappa shape index (κ2) is 7.85. The van der Waals surface area contributed by atoms with Crippen LogP contribution in [0, 0.1) is 0 Å². The van der Waals surface area contributed by atoms with Gasteiger partial charge >= 0.3 is 6.03 Å². The van der Waals surface area contributed by atoms with E-state index >= 15 is 0 Å². The number of thioether (sulfide) groups is 1. The molecule has 0 bridgehead atoms. The fourth-order valence-corrected chi connectivity index (χ4v) is 3.38. The lowest BCUT2D eigenvalue weighted by Crippen LogP contribution is -2.37. The number of benzene rings is 2. The minimum atomic E-state index is -0.494. The molecule has 0 unspecified atom stereocenters. The van der Waals surface area contributed by atoms with Crippen molar-refractivity contribution in [3.05, 3.63) is 54.6 Å². The molecule has 0 spiro atoms. The lowest BCUT2D eigenvalue weighted by molar-refractivity contribution is -0.119. The van der Waals surface area contributed by atoms with E-state index < -0.39 is 6.03 Å². The predicted octanol–water partition coefficient (Wildman–Crippen LogP) is 2.96. The molecule has 25 heavy (non-hydrogen) atoms. The quantitative estimate of drug-likeness (QED) is 0.691. The van der Waals surface area contributed by atoms with Crippen molar-refractivity contribution in [1.29, 1.82) is 0 Å². The van der Waals surface area contributed by atoms with Crippen LogP contribution in [0.4, 0.5) is 4.79 Å². The van der Waals surface area contributed by atoms with Gasteiger partial charge in [-0.2, -0.15) is 0 Å². The third kappa shape index (κ3) is 4.00. The molecule has 0 aliphatic rings. The molecule has 3 rings (SSSR count). The van der Waals surface area contributed by atoms with Crippen LogP contribution >= 0.6 is 11.8 Å². The number of hydrogen-bond donors (Lipinski definition) is 2. The third-order valence-electron chi connectivity index (χ3n) is 3.58. The van der Waals surface area contributed by atoms with Gasteiger partial charge in [0.05, 0.1) is 11.0 Å². The van der Waals surface area contributed by atoms with Gasteiger partial charge in [0.25, 0.3) is 0 Å². The lowest BCUT2D eigenvalue weighted by Gasteiger charge is -2.08. The molecule has 3 amide bonds. The molecule has 6 nitrogen and oxygen atoms in total. The van der Waals surface area contributed by atoms with E-state index in [9.17, 15) is 9.59 Å². The highest BCUT2D eigenvalue weighted by atomic mass is 32.2. The van der Waals surface area contributed by atoms with Crippen LogP contribution in [0.3, 0.4) is 0 Å². The maximum atomic E-state index is 11.7. The highest BCUT2D eigenvalue weighted by molar-refractivity contribution is 7.99. The number of carbonyl (C=O) groups is 2. The van der Waals surface area contributed by atoms with E-state index in [1.54, 1.807) is 0 Å². The van der Waals surface area contributed by atoms with E-state index in [1.807, 2.05) is 54.6 Å². The van der Waals surface area contributed by atoms with Crippen LogP contribution in [-0.2, 0) is 4.79 Å². The summed E-state index contributed by atoms with van der Waals surface area (Å²) >= 11 is 1.49. The number of nitrogens with zero attached hydrogens (tertiary/aromatic N) is 2. The first kappa shape index (κ1) is 17.0. The lowest BCUT2D eigenvalue weighted by atomic mass is 10.3. The summed E-state index contributed by atoms with van der Waals surface area (Å²) < 4.78 is 2.08. The van der Waals surface area contributed by atoms with Crippen LogP contribution in [-0.4, -0.2) is 34.3 Å². The van der Waals surface area contributed by atoms with E-state index in [0.717, 1.165) is 21.9 Å². The summed E-state index contributed by atoms with van der Waals surface area (Å²) in [4.78, 5) is 27.5. The summed E-state index contributed by atoms with van der Waals surface area (Å²) in [6, 6.07) is 17.4. The largest absolute Gasteiger partial charge is 0.341 e. The fraction of sp³-hybridized carbons (Fsp3) is 0.167. The highest BCUT2D eigenvalue weighted by Crippen LogP contribution is 2.28. The maximum Gasteiger partial charge on any atom is 0.321 e. The van der Waals surface area contributed by atoms with Gasteiger partial charge in [-0.25, -0.2) is 9.78 Å². The number of nitrogens with one attached hydrogen (secondary N) is 2. The van der Waals surface area contributed by atoms with Gasteiger partial charge in [0.1, 0.15) is 0 Å². The normalized spacial score (nSPS) is 10.6. The van der Waals surface area contributed by atoms with Gasteiger partial charge < -0.3 is 5.32 Å². The van der Waals surface area contributed by atoms with Gasteiger partial charge in [-0.15, -0.1) is 0 Å². The van der Waals surface area contributed by atoms with Crippen LogP contribution in [0.1, 0.15) is 6.42 Å². The topological polar surface area (TPSA) is 76.0 Å². The van der Waals surface area contributed by atoms with Gasteiger partial charge in [0.15, 0.2) is 5.16 Å². The molecule has 0 radical (unpaired) electrons. The minimum absolute atomic E-state index is 0.232. The molecule has 128 valence electrons. The average Bonchev–Trinajstić information content (AvgIpc) is 3.00. The second-order valence-corrected chi connectivity index (χ2v) is 6.34. The third-order valence-corrected chi connectivity index (χ3v) is 4.53. The highest BCUT2D eigenvalue weighted by Gasteiger charge is 2.13. The van der Waals surface area contributed by atoms with Gasteiger partial charge in [-0.3, -0.25) is 14.7 Å². The van der Waals surface area contributed by atoms with Gasteiger partial charge in [-0.05, 0) is 24.3 Å². The van der Waals surface area contributed by atoms with Crippen LogP contribution < -0.4 is 10.6 Å². The first-order valence-corrected chi connectivity index (χ1v) is 8.85. The summed E-state index contributed by atoms with van der Waals surface area (Å²) in [6.45, 7) is 0. The van der Waals surface area contributed by atoms with Gasteiger partial charge in [-0.1, -0.05) is 42.1 Å². The average molecular weight is 354 g/mol. The number of imide groups is 1. The summed E-state index contributed by atoms with van der Waals surface area (Å²) in [6.07, 6.45) is 0.232. The first-order valence-electron chi connectivity index (χ1n) is 7.86. The zero-order valence-corrected chi connectivity index (χ0v) is 14.5. The SMILES string of the molecule is CNC(=O)NC(=O)CCSc1nc2ccccc2n1-c1ccccc1. The van der Waals surface area contributed by atoms with Crippen LogP contribution in [0.15, 0.2) is 59.8 Å². The Morgan fingerprint density at radius 2 is 1.80 bits per heavy atom. The van der Waals surface area contributed by atoms with E-state index in [0.29, 0.717) is 5.75 Å². The number of rotatable bonds is 5. The van der Waals surface area contributed by atoms with E-state index in [4.69, 9.17) is 0 Å². The monoisotopic (exact) mass is 354 g/mol. The molecule has 1 aromatic heterocycles. The maximum absolute atomic E-state index is 11.7. The predicted molar refractivity (Wildman–Crippen MR) is 99.0 cm³/mol. The Morgan fingerprint density at radius 1 is 1.08 bits per heavy atom. The summed E-state index contributed by atoms with van der Waals surface area (Å²) in [7, 11) is 1.47. The van der Waals surface area contributed by atoms with Crippen LogP contribution in [0.2, 0.25) is 0 Å². The molecule has 2 aromatic carbocycles. The number of carbonyl (C=O) groups excluding carboxylic acids is 2. The van der Waals surface area contributed by atoms with E-state index in [-0.39, 0.29) is 12.3 Å². The van der Waals surface area contributed by atoms with Crippen LogP contribution in [0.5, 0.6) is 0 Å². The molecule has 1 heterocycles. The van der Waals surface area contributed by atoms with Gasteiger partial charge in [0.2, 0.25) is 5.91 Å². The van der Waals surface area contributed by atoms with Crippen molar-refractivity contribution in [3.63, 3.8) is 0 Å². The smallest absolute Gasteiger partial charge is 0.321 e. The fourth-order valence-electron chi connectivity index (χ4n) is 2.41. The molecule has 7 heteroatoms.